The highest BCUT2D eigenvalue weighted by Gasteiger charge is 1.88. The van der Waals surface area contributed by atoms with Gasteiger partial charge in [-0.05, 0) is 0 Å². The van der Waals surface area contributed by atoms with Crippen LogP contribution in [0.1, 0.15) is 0 Å². The van der Waals surface area contributed by atoms with Crippen molar-refractivity contribution in [3.05, 3.63) is 18.6 Å². The molecule has 0 N–H and O–H groups in total. The van der Waals surface area contributed by atoms with Crippen molar-refractivity contribution in [2.45, 2.75) is 0 Å². The molecule has 0 aliphatic carbocycles. The second kappa shape index (κ2) is 3.29. The number of hydrogen-bond donors (Lipinski definition) is 0. The first-order valence-corrected chi connectivity index (χ1v) is 3.55. The lowest BCUT2D eigenvalue weighted by atomic mass is 10.7. The topological polar surface area (TPSA) is 35.0 Å². The van der Waals surface area contributed by atoms with Gasteiger partial charge in [-0.1, -0.05) is 0 Å². The number of rotatable bonds is 2. The van der Waals surface area contributed by atoms with Crippen molar-refractivity contribution in [3.63, 3.8) is 0 Å². The minimum absolute atomic E-state index is 0.546. The Bertz CT molecular complexity index is 168. The van der Waals surface area contributed by atoms with E-state index in [9.17, 15) is 0 Å². The van der Waals surface area contributed by atoms with Crippen LogP contribution >= 0.6 is 12.0 Å². The van der Waals surface area contributed by atoms with E-state index in [0.29, 0.717) is 5.88 Å². The highest BCUT2D eigenvalue weighted by molar-refractivity contribution is 7.94. The Morgan fingerprint density at radius 2 is 2.44 bits per heavy atom. The van der Waals surface area contributed by atoms with Crippen molar-refractivity contribution >= 4 is 12.0 Å². The van der Waals surface area contributed by atoms with E-state index in [1.54, 1.807) is 18.6 Å². The van der Waals surface area contributed by atoms with Gasteiger partial charge in [0.1, 0.15) is 0 Å². The van der Waals surface area contributed by atoms with Gasteiger partial charge in [0.05, 0.1) is 18.2 Å². The maximum Gasteiger partial charge on any atom is 0.246 e. The second-order valence-electron chi connectivity index (χ2n) is 1.29. The first kappa shape index (κ1) is 6.35. The van der Waals surface area contributed by atoms with Gasteiger partial charge in [0.15, 0.2) is 0 Å². The third-order valence-corrected chi connectivity index (χ3v) is 1.05. The monoisotopic (exact) mass is 142 g/mol. The summed E-state index contributed by atoms with van der Waals surface area (Å²) in [4.78, 5) is 7.67. The van der Waals surface area contributed by atoms with E-state index >= 15 is 0 Å². The summed E-state index contributed by atoms with van der Waals surface area (Å²) < 4.78 is 4.95. The van der Waals surface area contributed by atoms with E-state index in [1.807, 2.05) is 6.26 Å². The van der Waals surface area contributed by atoms with Crippen LogP contribution in [-0.4, -0.2) is 16.2 Å². The molecule has 1 heterocycles. The molecule has 1 aromatic heterocycles. The lowest BCUT2D eigenvalue weighted by Gasteiger charge is -1.94. The Hall–Kier alpha value is -0.770. The molecule has 3 nitrogen and oxygen atoms in total. The molecule has 1 rings (SSSR count). The summed E-state index contributed by atoms with van der Waals surface area (Å²) in [5.74, 6) is 0.546. The van der Waals surface area contributed by atoms with Crippen LogP contribution in [0, 0.1) is 0 Å². The van der Waals surface area contributed by atoms with Crippen LogP contribution in [0.3, 0.4) is 0 Å². The molecule has 0 amide bonds. The fraction of sp³-hybridized carbons (Fsp3) is 0.200. The Labute approximate surface area is 57.7 Å². The molecular weight excluding hydrogens is 136 g/mol. The maximum atomic E-state index is 4.95. The molecule has 0 aliphatic heterocycles. The van der Waals surface area contributed by atoms with E-state index in [2.05, 4.69) is 9.97 Å². The van der Waals surface area contributed by atoms with Crippen molar-refractivity contribution < 1.29 is 4.18 Å². The predicted octanol–water partition coefficient (Wildman–Crippen LogP) is 1.13. The SMILES string of the molecule is CSOc1cnccn1. The van der Waals surface area contributed by atoms with Crippen LogP contribution in [0.4, 0.5) is 0 Å². The molecule has 0 spiro atoms. The molecule has 0 fully saturated rings. The van der Waals surface area contributed by atoms with Gasteiger partial charge in [-0.25, -0.2) is 4.98 Å². The zero-order chi connectivity index (χ0) is 6.53. The molecule has 0 aromatic carbocycles. The van der Waals surface area contributed by atoms with Crippen molar-refractivity contribution in [1.29, 1.82) is 0 Å². The summed E-state index contributed by atoms with van der Waals surface area (Å²) in [7, 11) is 0. The van der Waals surface area contributed by atoms with Crippen LogP contribution in [0.2, 0.25) is 0 Å². The van der Waals surface area contributed by atoms with E-state index in [0.717, 1.165) is 0 Å². The van der Waals surface area contributed by atoms with Crippen LogP contribution < -0.4 is 4.18 Å². The Kier molecular flexibility index (Phi) is 2.32. The summed E-state index contributed by atoms with van der Waals surface area (Å²) >= 11 is 1.25. The van der Waals surface area contributed by atoms with Crippen molar-refractivity contribution in [3.8, 4) is 5.88 Å². The molecule has 48 valence electrons. The third kappa shape index (κ3) is 1.89. The molecule has 0 aliphatic rings. The summed E-state index contributed by atoms with van der Waals surface area (Å²) in [5, 5.41) is 0. The van der Waals surface area contributed by atoms with Gasteiger partial charge in [-0.2, -0.15) is 0 Å². The molecule has 9 heavy (non-hydrogen) atoms. The summed E-state index contributed by atoms with van der Waals surface area (Å²) in [5.41, 5.74) is 0. The molecule has 1 aromatic rings. The Morgan fingerprint density at radius 1 is 1.56 bits per heavy atom. The zero-order valence-corrected chi connectivity index (χ0v) is 5.76. The molecule has 0 atom stereocenters. The fourth-order valence-corrected chi connectivity index (χ4v) is 0.671. The van der Waals surface area contributed by atoms with Gasteiger partial charge in [-0.3, -0.25) is 4.98 Å². The second-order valence-corrected chi connectivity index (χ2v) is 1.79. The summed E-state index contributed by atoms with van der Waals surface area (Å²) in [6.45, 7) is 0. The van der Waals surface area contributed by atoms with Crippen LogP contribution in [0.5, 0.6) is 5.88 Å². The summed E-state index contributed by atoms with van der Waals surface area (Å²) in [6, 6.07) is 0. The highest BCUT2D eigenvalue weighted by atomic mass is 32.2. The highest BCUT2D eigenvalue weighted by Crippen LogP contribution is 2.06. The maximum absolute atomic E-state index is 4.95. The molecule has 0 radical (unpaired) electrons. The van der Waals surface area contributed by atoms with Gasteiger partial charge in [0.2, 0.25) is 5.88 Å². The van der Waals surface area contributed by atoms with Crippen molar-refractivity contribution in [2.75, 3.05) is 6.26 Å². The molecule has 0 saturated heterocycles. The number of nitrogens with zero attached hydrogens (tertiary/aromatic N) is 2. The molecule has 0 saturated carbocycles. The van der Waals surface area contributed by atoms with E-state index in [-0.39, 0.29) is 0 Å². The predicted molar refractivity (Wildman–Crippen MR) is 36.2 cm³/mol. The lowest BCUT2D eigenvalue weighted by molar-refractivity contribution is 0.614. The summed E-state index contributed by atoms with van der Waals surface area (Å²) in [6.07, 6.45) is 6.59. The quantitative estimate of drug-likeness (QED) is 0.580. The first-order chi connectivity index (χ1) is 4.43. The first-order valence-electron chi connectivity index (χ1n) is 2.40. The zero-order valence-electron chi connectivity index (χ0n) is 4.94. The average molecular weight is 142 g/mol. The average Bonchev–Trinajstić information content (AvgIpc) is 1.91. The van der Waals surface area contributed by atoms with Crippen molar-refractivity contribution in [2.24, 2.45) is 0 Å². The largest absolute Gasteiger partial charge is 0.404 e. The number of aromatic nitrogens is 2. The molecule has 0 bridgehead atoms. The normalized spacial score (nSPS) is 9.00. The molecular formula is C5H6N2OS. The lowest BCUT2D eigenvalue weighted by Crippen LogP contribution is -1.83. The third-order valence-electron chi connectivity index (χ3n) is 0.708. The minimum Gasteiger partial charge on any atom is -0.404 e. The van der Waals surface area contributed by atoms with Gasteiger partial charge in [-0.15, -0.1) is 0 Å². The van der Waals surface area contributed by atoms with Gasteiger partial charge in [0.25, 0.3) is 0 Å². The molecule has 4 heteroatoms. The van der Waals surface area contributed by atoms with E-state index in [1.165, 1.54) is 12.0 Å². The minimum atomic E-state index is 0.546. The smallest absolute Gasteiger partial charge is 0.246 e. The Balaban J connectivity index is 2.61. The Morgan fingerprint density at radius 3 is 3.00 bits per heavy atom. The van der Waals surface area contributed by atoms with Crippen molar-refractivity contribution in [1.82, 2.24) is 9.97 Å². The van der Waals surface area contributed by atoms with Gasteiger partial charge in [0, 0.05) is 18.6 Å². The van der Waals surface area contributed by atoms with Gasteiger partial charge >= 0.3 is 0 Å². The fourth-order valence-electron chi connectivity index (χ4n) is 0.414. The van der Waals surface area contributed by atoms with E-state index in [4.69, 9.17) is 4.18 Å². The van der Waals surface area contributed by atoms with Gasteiger partial charge < -0.3 is 4.18 Å². The van der Waals surface area contributed by atoms with Crippen LogP contribution in [0.25, 0.3) is 0 Å². The number of hydrogen-bond acceptors (Lipinski definition) is 4. The standard InChI is InChI=1S/C5H6N2OS/c1-9-8-5-4-6-2-3-7-5/h2-4H,1H3. The van der Waals surface area contributed by atoms with E-state index < -0.39 is 0 Å². The van der Waals surface area contributed by atoms with Crippen LogP contribution in [0.15, 0.2) is 18.6 Å². The van der Waals surface area contributed by atoms with Crippen LogP contribution in [-0.2, 0) is 0 Å². The molecule has 0 unspecified atom stereocenters.